The van der Waals surface area contributed by atoms with Gasteiger partial charge in [0.2, 0.25) is 0 Å². The first-order valence-corrected chi connectivity index (χ1v) is 7.18. The molecule has 0 aromatic carbocycles. The summed E-state index contributed by atoms with van der Waals surface area (Å²) in [4.78, 5) is 0. The second kappa shape index (κ2) is 3.57. The maximum absolute atomic E-state index is 9.38. The number of hydrogen-bond acceptors (Lipinski definition) is 3. The van der Waals surface area contributed by atoms with Crippen LogP contribution >= 0.6 is 22.6 Å². The molecule has 4 aliphatic carbocycles. The minimum atomic E-state index is -0.0807. The number of aliphatic hydroxyl groups excluding tert-OH is 1. The van der Waals surface area contributed by atoms with Crippen molar-refractivity contribution in [2.75, 3.05) is 6.61 Å². The van der Waals surface area contributed by atoms with E-state index in [1.54, 1.807) is 0 Å². The van der Waals surface area contributed by atoms with Crippen LogP contribution in [0.1, 0.15) is 38.5 Å². The molecule has 0 aliphatic heterocycles. The molecule has 3 nitrogen and oxygen atoms in total. The topological polar surface area (TPSA) is 52.8 Å². The molecule has 0 radical (unpaired) electrons. The van der Waals surface area contributed by atoms with Crippen LogP contribution in [0.25, 0.3) is 0 Å². The molecular weight excluding hydrogens is 317 g/mol. The molecule has 0 amide bonds. The molecule has 2 unspecified atom stereocenters. The van der Waals surface area contributed by atoms with Gasteiger partial charge in [-0.2, -0.15) is 0 Å². The van der Waals surface area contributed by atoms with Gasteiger partial charge in [0.05, 0.1) is 12.3 Å². The van der Waals surface area contributed by atoms with Gasteiger partial charge in [-0.1, -0.05) is 27.7 Å². The first-order chi connectivity index (χ1) is 7.59. The summed E-state index contributed by atoms with van der Waals surface area (Å²) < 4.78 is 0.410. The molecule has 0 aromatic heterocycles. The highest BCUT2D eigenvalue weighted by molar-refractivity contribution is 14.1. The Kier molecular flexibility index (Phi) is 2.52. The maximum Gasteiger partial charge on any atom is 0.0886 e. The quantitative estimate of drug-likeness (QED) is 0.268. The second-order valence-electron chi connectivity index (χ2n) is 6.10. The summed E-state index contributed by atoms with van der Waals surface area (Å²) in [6.07, 6.45) is 7.39. The average molecular weight is 335 g/mol. The van der Waals surface area contributed by atoms with E-state index in [-0.39, 0.29) is 12.0 Å². The van der Waals surface area contributed by atoms with Gasteiger partial charge in [-0.05, 0) is 50.4 Å². The molecule has 4 fully saturated rings. The van der Waals surface area contributed by atoms with Crippen molar-refractivity contribution in [2.24, 2.45) is 22.4 Å². The molecule has 4 atom stereocenters. The lowest BCUT2D eigenvalue weighted by atomic mass is 9.48. The van der Waals surface area contributed by atoms with E-state index in [0.717, 1.165) is 31.1 Å². The van der Waals surface area contributed by atoms with Crippen molar-refractivity contribution in [3.8, 4) is 0 Å². The van der Waals surface area contributed by atoms with E-state index in [1.165, 1.54) is 19.3 Å². The van der Waals surface area contributed by atoms with E-state index >= 15 is 0 Å². The van der Waals surface area contributed by atoms with Crippen LogP contribution in [-0.2, 0) is 0 Å². The number of rotatable bonds is 2. The minimum absolute atomic E-state index is 0.0226. The summed E-state index contributed by atoms with van der Waals surface area (Å²) in [5.41, 5.74) is 0.664. The van der Waals surface area contributed by atoms with Crippen LogP contribution in [0.2, 0.25) is 0 Å². The normalized spacial score (nSPS) is 51.0. The Hall–Kier alpha value is 0.160. The monoisotopic (exact) mass is 335 g/mol. The van der Waals surface area contributed by atoms with Crippen LogP contribution in [0.5, 0.6) is 0 Å². The first-order valence-electron chi connectivity index (χ1n) is 6.10. The van der Waals surface area contributed by atoms with Crippen molar-refractivity contribution in [2.45, 2.75) is 41.9 Å². The number of hydrogen-bond donors (Lipinski definition) is 2. The van der Waals surface area contributed by atoms with Crippen LogP contribution in [-0.4, -0.2) is 26.1 Å². The molecule has 4 saturated carbocycles. The first kappa shape index (κ1) is 11.3. The Bertz CT molecular complexity index is 328. The van der Waals surface area contributed by atoms with Gasteiger partial charge in [0.1, 0.15) is 0 Å². The van der Waals surface area contributed by atoms with Crippen molar-refractivity contribution < 1.29 is 10.3 Å². The van der Waals surface area contributed by atoms with Crippen molar-refractivity contribution in [1.29, 1.82) is 0 Å². The third kappa shape index (κ3) is 1.52. The lowest BCUT2D eigenvalue weighted by Gasteiger charge is -2.60. The number of oxime groups is 1. The Balaban J connectivity index is 1.97. The van der Waals surface area contributed by atoms with Crippen molar-refractivity contribution in [3.05, 3.63) is 0 Å². The maximum atomic E-state index is 9.38. The van der Waals surface area contributed by atoms with Gasteiger partial charge in [-0.3, -0.25) is 0 Å². The van der Waals surface area contributed by atoms with E-state index in [2.05, 4.69) is 27.7 Å². The summed E-state index contributed by atoms with van der Waals surface area (Å²) in [6.45, 7) is -0.0807. The number of aliphatic hydroxyl groups is 1. The summed E-state index contributed by atoms with van der Waals surface area (Å²) in [6, 6.07) is 0. The smallest absolute Gasteiger partial charge is 0.0886 e. The van der Waals surface area contributed by atoms with Gasteiger partial charge >= 0.3 is 0 Å². The van der Waals surface area contributed by atoms with Gasteiger partial charge < -0.3 is 10.3 Å². The molecule has 4 heteroatoms. The fraction of sp³-hybridized carbons (Fsp3) is 0.917. The van der Waals surface area contributed by atoms with Crippen LogP contribution in [0.4, 0.5) is 0 Å². The van der Waals surface area contributed by atoms with Crippen LogP contribution in [0.3, 0.4) is 0 Å². The molecule has 0 saturated heterocycles. The highest BCUT2D eigenvalue weighted by Gasteiger charge is 2.58. The number of alkyl halides is 1. The Labute approximate surface area is 109 Å². The summed E-state index contributed by atoms with van der Waals surface area (Å²) in [7, 11) is 0. The summed E-state index contributed by atoms with van der Waals surface area (Å²) in [5.74, 6) is 1.59. The van der Waals surface area contributed by atoms with E-state index < -0.39 is 0 Å². The molecule has 4 bridgehead atoms. The summed E-state index contributed by atoms with van der Waals surface area (Å²) >= 11 is 2.62. The van der Waals surface area contributed by atoms with E-state index in [9.17, 15) is 5.11 Å². The molecule has 4 rings (SSSR count). The molecule has 4 aliphatic rings. The molecule has 0 heterocycles. The highest BCUT2D eigenvalue weighted by Crippen LogP contribution is 2.64. The third-order valence-electron chi connectivity index (χ3n) is 4.87. The van der Waals surface area contributed by atoms with Gasteiger partial charge in [0.25, 0.3) is 0 Å². The Morgan fingerprint density at radius 3 is 2.31 bits per heavy atom. The van der Waals surface area contributed by atoms with Gasteiger partial charge in [0.15, 0.2) is 0 Å². The predicted molar refractivity (Wildman–Crippen MR) is 70.2 cm³/mol. The molecule has 90 valence electrons. The lowest BCUT2D eigenvalue weighted by molar-refractivity contribution is 0.00710. The fourth-order valence-electron chi connectivity index (χ4n) is 4.79. The largest absolute Gasteiger partial charge is 0.411 e. The average Bonchev–Trinajstić information content (AvgIpc) is 2.14. The molecule has 16 heavy (non-hydrogen) atoms. The SMILES string of the molecule is OC/C(=N/O)C12C[C@@H]3C[C@@H](CC(I)(C3)C1)C2. The van der Waals surface area contributed by atoms with Crippen molar-refractivity contribution >= 4 is 28.3 Å². The zero-order chi connectivity index (χ0) is 11.4. The minimum Gasteiger partial charge on any atom is -0.411 e. The third-order valence-corrected chi connectivity index (χ3v) is 6.13. The molecule has 0 aromatic rings. The fourth-order valence-corrected chi connectivity index (χ4v) is 6.77. The Morgan fingerprint density at radius 1 is 1.25 bits per heavy atom. The number of halogens is 1. The van der Waals surface area contributed by atoms with Crippen molar-refractivity contribution in [3.63, 3.8) is 0 Å². The zero-order valence-corrected chi connectivity index (χ0v) is 11.5. The number of nitrogens with zero attached hydrogens (tertiary/aromatic N) is 1. The molecular formula is C12H18INO2. The molecule has 0 spiro atoms. The highest BCUT2D eigenvalue weighted by atomic mass is 127. The summed E-state index contributed by atoms with van der Waals surface area (Å²) in [5, 5.41) is 21.9. The molecule has 2 N–H and O–H groups in total. The lowest BCUT2D eigenvalue weighted by Crippen LogP contribution is -2.56. The van der Waals surface area contributed by atoms with Gasteiger partial charge in [-0.25, -0.2) is 0 Å². The van der Waals surface area contributed by atoms with Crippen molar-refractivity contribution in [1.82, 2.24) is 0 Å². The van der Waals surface area contributed by atoms with E-state index in [1.807, 2.05) is 0 Å². The van der Waals surface area contributed by atoms with Crippen LogP contribution < -0.4 is 0 Å². The van der Waals surface area contributed by atoms with E-state index in [0.29, 0.717) is 9.13 Å². The Morgan fingerprint density at radius 2 is 1.88 bits per heavy atom. The predicted octanol–water partition coefficient (Wildman–Crippen LogP) is 2.58. The standard InChI is InChI=1S/C12H18INO2/c13-12-4-8-1-9(5-12)3-11(2-8,7-12)10(6-15)14-16/h8-9,15-16H,1-7H2/b14-10-/t8-,9+,11?,12?. The zero-order valence-electron chi connectivity index (χ0n) is 9.32. The van der Waals surface area contributed by atoms with E-state index in [4.69, 9.17) is 5.21 Å². The van der Waals surface area contributed by atoms with Gasteiger partial charge in [-0.15, -0.1) is 0 Å². The second-order valence-corrected chi connectivity index (χ2v) is 8.39. The van der Waals surface area contributed by atoms with Gasteiger partial charge in [0, 0.05) is 8.84 Å². The van der Waals surface area contributed by atoms with Crippen LogP contribution in [0.15, 0.2) is 5.16 Å². The van der Waals surface area contributed by atoms with Crippen LogP contribution in [0, 0.1) is 17.3 Å².